The molecule has 20 heavy (non-hydrogen) atoms. The van der Waals surface area contributed by atoms with Crippen LogP contribution in [0.4, 0.5) is 0 Å². The quantitative estimate of drug-likeness (QED) is 0.882. The van der Waals surface area contributed by atoms with E-state index in [1.165, 1.54) is 0 Å². The van der Waals surface area contributed by atoms with Crippen LogP contribution in [-0.2, 0) is 4.79 Å². The molecule has 0 amide bonds. The number of hydrogen-bond donors (Lipinski definition) is 1. The number of ketones is 1. The van der Waals surface area contributed by atoms with Gasteiger partial charge >= 0.3 is 0 Å². The standard InChI is InChI=1S/C17H14ClNO/c18-13-8-4-7-12(9-13)16-15(19)10-14(17(16)20)11-5-2-1-3-6-11/h1-9,14,16,19H,10H2. The van der Waals surface area contributed by atoms with Crippen molar-refractivity contribution in [1.82, 2.24) is 0 Å². The molecule has 2 nitrogen and oxygen atoms in total. The normalized spacial score (nSPS) is 22.2. The summed E-state index contributed by atoms with van der Waals surface area (Å²) in [4.78, 5) is 12.6. The van der Waals surface area contributed by atoms with Crippen LogP contribution < -0.4 is 0 Å². The highest BCUT2D eigenvalue weighted by molar-refractivity contribution is 6.30. The Hall–Kier alpha value is -1.93. The van der Waals surface area contributed by atoms with E-state index in [4.69, 9.17) is 17.0 Å². The fourth-order valence-corrected chi connectivity index (χ4v) is 3.03. The maximum Gasteiger partial charge on any atom is 0.153 e. The number of carbonyl (C=O) groups is 1. The SMILES string of the molecule is N=C1CC(c2ccccc2)C(=O)C1c1cccc(Cl)c1. The van der Waals surface area contributed by atoms with E-state index in [1.807, 2.05) is 42.5 Å². The fraction of sp³-hybridized carbons (Fsp3) is 0.176. The van der Waals surface area contributed by atoms with Gasteiger partial charge in [0.1, 0.15) is 0 Å². The van der Waals surface area contributed by atoms with Crippen LogP contribution in [0, 0.1) is 5.41 Å². The molecule has 1 aliphatic rings. The minimum atomic E-state index is -0.445. The van der Waals surface area contributed by atoms with Crippen LogP contribution >= 0.6 is 11.6 Å². The molecular formula is C17H14ClNO. The van der Waals surface area contributed by atoms with Gasteiger partial charge in [-0.3, -0.25) is 4.79 Å². The topological polar surface area (TPSA) is 40.9 Å². The molecule has 100 valence electrons. The monoisotopic (exact) mass is 283 g/mol. The summed E-state index contributed by atoms with van der Waals surface area (Å²) in [6.45, 7) is 0. The second-order valence-corrected chi connectivity index (χ2v) is 5.52. The number of benzene rings is 2. The molecule has 0 saturated heterocycles. The lowest BCUT2D eigenvalue weighted by Crippen LogP contribution is -2.14. The third-order valence-electron chi connectivity index (χ3n) is 3.78. The first kappa shape index (κ1) is 13.1. The first-order chi connectivity index (χ1) is 9.66. The molecule has 2 unspecified atom stereocenters. The van der Waals surface area contributed by atoms with Gasteiger partial charge in [-0.25, -0.2) is 0 Å². The van der Waals surface area contributed by atoms with E-state index in [2.05, 4.69) is 0 Å². The van der Waals surface area contributed by atoms with Crippen LogP contribution in [0.5, 0.6) is 0 Å². The number of rotatable bonds is 2. The molecule has 0 aromatic heterocycles. The van der Waals surface area contributed by atoms with Gasteiger partial charge in [-0.15, -0.1) is 0 Å². The Labute approximate surface area is 122 Å². The minimum absolute atomic E-state index is 0.100. The van der Waals surface area contributed by atoms with Gasteiger partial charge in [-0.05, 0) is 29.7 Å². The van der Waals surface area contributed by atoms with Gasteiger partial charge < -0.3 is 5.41 Å². The molecule has 2 aromatic rings. The van der Waals surface area contributed by atoms with Gasteiger partial charge in [-0.2, -0.15) is 0 Å². The van der Waals surface area contributed by atoms with Crippen LogP contribution in [0.2, 0.25) is 5.02 Å². The van der Waals surface area contributed by atoms with Crippen LogP contribution in [0.1, 0.15) is 29.4 Å². The number of Topliss-reactive ketones (excluding diaryl/α,β-unsaturated/α-hetero) is 1. The Morgan fingerprint density at radius 3 is 2.40 bits per heavy atom. The van der Waals surface area contributed by atoms with Gasteiger partial charge in [0, 0.05) is 16.7 Å². The van der Waals surface area contributed by atoms with Crippen LogP contribution in [0.25, 0.3) is 0 Å². The van der Waals surface area contributed by atoms with E-state index in [9.17, 15) is 4.79 Å². The summed E-state index contributed by atoms with van der Waals surface area (Å²) in [5, 5.41) is 8.76. The van der Waals surface area contributed by atoms with Crippen molar-refractivity contribution in [3.63, 3.8) is 0 Å². The van der Waals surface area contributed by atoms with Crippen LogP contribution in [0.15, 0.2) is 54.6 Å². The van der Waals surface area contributed by atoms with Crippen LogP contribution in [-0.4, -0.2) is 11.5 Å². The smallest absolute Gasteiger partial charge is 0.153 e. The summed E-state index contributed by atoms with van der Waals surface area (Å²) in [7, 11) is 0. The van der Waals surface area contributed by atoms with Crippen molar-refractivity contribution in [3.05, 3.63) is 70.7 Å². The molecule has 0 bridgehead atoms. The Balaban J connectivity index is 1.95. The third-order valence-corrected chi connectivity index (χ3v) is 4.02. The molecule has 1 aliphatic carbocycles. The molecule has 3 heteroatoms. The lowest BCUT2D eigenvalue weighted by atomic mass is 9.91. The van der Waals surface area contributed by atoms with Gasteiger partial charge in [0.25, 0.3) is 0 Å². The van der Waals surface area contributed by atoms with Gasteiger partial charge in [0.15, 0.2) is 5.78 Å². The molecule has 2 aromatic carbocycles. The van der Waals surface area contributed by atoms with Crippen molar-refractivity contribution in [1.29, 1.82) is 5.41 Å². The van der Waals surface area contributed by atoms with Crippen molar-refractivity contribution in [3.8, 4) is 0 Å². The summed E-state index contributed by atoms with van der Waals surface area (Å²) >= 11 is 5.99. The van der Waals surface area contributed by atoms with Crippen molar-refractivity contribution in [2.24, 2.45) is 0 Å². The Morgan fingerprint density at radius 2 is 1.70 bits per heavy atom. The third kappa shape index (κ3) is 2.27. The van der Waals surface area contributed by atoms with Crippen LogP contribution in [0.3, 0.4) is 0 Å². The van der Waals surface area contributed by atoms with E-state index in [0.717, 1.165) is 11.1 Å². The van der Waals surface area contributed by atoms with E-state index in [1.54, 1.807) is 12.1 Å². The van der Waals surface area contributed by atoms with E-state index in [0.29, 0.717) is 17.2 Å². The number of halogens is 1. The fourth-order valence-electron chi connectivity index (χ4n) is 2.83. The Morgan fingerprint density at radius 1 is 1.00 bits per heavy atom. The Bertz CT molecular complexity index is 666. The highest BCUT2D eigenvalue weighted by atomic mass is 35.5. The largest absolute Gasteiger partial charge is 0.309 e. The summed E-state index contributed by atoms with van der Waals surface area (Å²) in [6.07, 6.45) is 0.500. The summed E-state index contributed by atoms with van der Waals surface area (Å²) in [5.41, 5.74) is 2.30. The zero-order valence-electron chi connectivity index (χ0n) is 10.8. The van der Waals surface area contributed by atoms with E-state index in [-0.39, 0.29) is 11.7 Å². The van der Waals surface area contributed by atoms with E-state index >= 15 is 0 Å². The lowest BCUT2D eigenvalue weighted by Gasteiger charge is -2.11. The average molecular weight is 284 g/mol. The lowest BCUT2D eigenvalue weighted by molar-refractivity contribution is -0.119. The predicted octanol–water partition coefficient (Wildman–Crippen LogP) is 4.20. The van der Waals surface area contributed by atoms with E-state index < -0.39 is 5.92 Å². The molecule has 1 N–H and O–H groups in total. The predicted molar refractivity (Wildman–Crippen MR) is 80.7 cm³/mol. The molecule has 0 heterocycles. The van der Waals surface area contributed by atoms with Crippen molar-refractivity contribution >= 4 is 23.1 Å². The highest BCUT2D eigenvalue weighted by Crippen LogP contribution is 2.38. The molecule has 1 fully saturated rings. The first-order valence-corrected chi connectivity index (χ1v) is 6.96. The average Bonchev–Trinajstić information content (AvgIpc) is 2.75. The maximum absolute atomic E-state index is 12.6. The van der Waals surface area contributed by atoms with Crippen molar-refractivity contribution < 1.29 is 4.79 Å². The minimum Gasteiger partial charge on any atom is -0.309 e. The summed E-state index contributed by atoms with van der Waals surface area (Å²) < 4.78 is 0. The molecule has 1 saturated carbocycles. The summed E-state index contributed by atoms with van der Waals surface area (Å²) in [5.74, 6) is -0.546. The Kier molecular flexibility index (Phi) is 3.41. The zero-order chi connectivity index (χ0) is 14.1. The van der Waals surface area contributed by atoms with Gasteiger partial charge in [-0.1, -0.05) is 54.1 Å². The van der Waals surface area contributed by atoms with Gasteiger partial charge in [0.05, 0.1) is 5.92 Å². The summed E-state index contributed by atoms with van der Waals surface area (Å²) in [6, 6.07) is 17.0. The molecule has 3 rings (SSSR count). The number of nitrogens with one attached hydrogen (secondary N) is 1. The number of hydrogen-bond acceptors (Lipinski definition) is 2. The first-order valence-electron chi connectivity index (χ1n) is 6.58. The molecule has 0 aliphatic heterocycles. The molecular weight excluding hydrogens is 270 g/mol. The molecule has 0 radical (unpaired) electrons. The second-order valence-electron chi connectivity index (χ2n) is 5.08. The second kappa shape index (κ2) is 5.22. The zero-order valence-corrected chi connectivity index (χ0v) is 11.6. The number of carbonyl (C=O) groups excluding carboxylic acids is 1. The highest BCUT2D eigenvalue weighted by Gasteiger charge is 2.40. The molecule has 0 spiro atoms. The van der Waals surface area contributed by atoms with Crippen molar-refractivity contribution in [2.75, 3.05) is 0 Å². The van der Waals surface area contributed by atoms with Crippen molar-refractivity contribution in [2.45, 2.75) is 18.3 Å². The molecule has 2 atom stereocenters. The van der Waals surface area contributed by atoms with Gasteiger partial charge in [0.2, 0.25) is 0 Å². The maximum atomic E-state index is 12.6.